The number of carbonyl (C=O) groups excluding carboxylic acids is 1. The van der Waals surface area contributed by atoms with Crippen LogP contribution in [0.25, 0.3) is 11.0 Å². The van der Waals surface area contributed by atoms with Gasteiger partial charge in [-0.3, -0.25) is 0 Å². The van der Waals surface area contributed by atoms with Crippen LogP contribution in [0.2, 0.25) is 0 Å². The fourth-order valence-corrected chi connectivity index (χ4v) is 3.39. The second-order valence-corrected chi connectivity index (χ2v) is 6.26. The Morgan fingerprint density at radius 3 is 3.13 bits per heavy atom. The summed E-state index contributed by atoms with van der Waals surface area (Å²) in [6.07, 6.45) is 5.34. The molecule has 1 saturated heterocycles. The minimum Gasteiger partial charge on any atom is -0.354 e. The Bertz CT molecular complexity index is 688. The molecule has 2 aromatic rings. The van der Waals surface area contributed by atoms with E-state index in [0.717, 1.165) is 32.3 Å². The van der Waals surface area contributed by atoms with Crippen LogP contribution in [0.5, 0.6) is 0 Å². The molecule has 7 heteroatoms. The van der Waals surface area contributed by atoms with Crippen molar-refractivity contribution in [1.82, 2.24) is 19.9 Å². The summed E-state index contributed by atoms with van der Waals surface area (Å²) in [5.74, 6) is 0.756. The molecule has 23 heavy (non-hydrogen) atoms. The van der Waals surface area contributed by atoms with Gasteiger partial charge in [0.05, 0.1) is 5.39 Å². The Hall–Kier alpha value is -2.02. The van der Waals surface area contributed by atoms with Crippen molar-refractivity contribution in [3.63, 3.8) is 0 Å². The zero-order chi connectivity index (χ0) is 16.4. The van der Waals surface area contributed by atoms with Gasteiger partial charge in [-0.25, -0.2) is 14.4 Å². The maximum Gasteiger partial charge on any atom is 0.153 e. The smallest absolute Gasteiger partial charge is 0.153 e. The van der Waals surface area contributed by atoms with Crippen LogP contribution in [0.4, 0.5) is 10.2 Å². The van der Waals surface area contributed by atoms with Gasteiger partial charge in [0, 0.05) is 38.8 Å². The van der Waals surface area contributed by atoms with E-state index in [4.69, 9.17) is 0 Å². The van der Waals surface area contributed by atoms with Gasteiger partial charge in [-0.15, -0.1) is 0 Å². The molecule has 0 bridgehead atoms. The third-order valence-corrected chi connectivity index (χ3v) is 4.80. The van der Waals surface area contributed by atoms with E-state index >= 15 is 0 Å². The SMILES string of the molecule is CC1CCN(CCC=O)CC1N(C)c1ncnc2[nH]cc(F)c12. The summed E-state index contributed by atoms with van der Waals surface area (Å²) in [7, 11) is 1.96. The molecule has 1 N–H and O–H groups in total. The Kier molecular flexibility index (Phi) is 4.56. The van der Waals surface area contributed by atoms with Crippen molar-refractivity contribution in [2.45, 2.75) is 25.8 Å². The number of nitrogens with zero attached hydrogens (tertiary/aromatic N) is 4. The molecule has 0 spiro atoms. The first-order valence-electron chi connectivity index (χ1n) is 7.98. The van der Waals surface area contributed by atoms with Crippen LogP contribution in [0, 0.1) is 11.7 Å². The monoisotopic (exact) mass is 319 g/mol. The highest BCUT2D eigenvalue weighted by atomic mass is 19.1. The maximum atomic E-state index is 14.1. The number of likely N-dealkylation sites (tertiary alicyclic amines) is 1. The fourth-order valence-electron chi connectivity index (χ4n) is 3.39. The molecule has 1 aliphatic rings. The number of fused-ring (bicyclic) bond motifs is 1. The van der Waals surface area contributed by atoms with Crippen LogP contribution in [0.1, 0.15) is 19.8 Å². The summed E-state index contributed by atoms with van der Waals surface area (Å²) in [6, 6.07) is 0.225. The number of carbonyl (C=O) groups is 1. The molecule has 3 rings (SSSR count). The molecule has 3 heterocycles. The minimum atomic E-state index is -0.330. The number of rotatable bonds is 5. The molecule has 0 aliphatic carbocycles. The third-order valence-electron chi connectivity index (χ3n) is 4.80. The zero-order valence-electron chi connectivity index (χ0n) is 13.5. The number of hydrogen-bond acceptors (Lipinski definition) is 5. The van der Waals surface area contributed by atoms with Gasteiger partial charge in [0.15, 0.2) is 5.82 Å². The Balaban J connectivity index is 1.86. The Morgan fingerprint density at radius 2 is 2.35 bits per heavy atom. The van der Waals surface area contributed by atoms with Crippen molar-refractivity contribution in [3.8, 4) is 0 Å². The molecule has 124 valence electrons. The lowest BCUT2D eigenvalue weighted by molar-refractivity contribution is -0.108. The zero-order valence-corrected chi connectivity index (χ0v) is 13.5. The first kappa shape index (κ1) is 15.9. The number of aldehydes is 1. The van der Waals surface area contributed by atoms with Crippen LogP contribution in [0.3, 0.4) is 0 Å². The molecule has 1 fully saturated rings. The molecule has 6 nitrogen and oxygen atoms in total. The molecule has 0 amide bonds. The predicted molar refractivity (Wildman–Crippen MR) is 86.9 cm³/mol. The average Bonchev–Trinajstić information content (AvgIpc) is 2.95. The van der Waals surface area contributed by atoms with E-state index in [-0.39, 0.29) is 11.9 Å². The maximum absolute atomic E-state index is 14.1. The highest BCUT2D eigenvalue weighted by Crippen LogP contribution is 2.30. The number of halogens is 1. The summed E-state index contributed by atoms with van der Waals surface area (Å²) in [6.45, 7) is 4.84. The van der Waals surface area contributed by atoms with Crippen molar-refractivity contribution in [3.05, 3.63) is 18.3 Å². The quantitative estimate of drug-likeness (QED) is 0.852. The third kappa shape index (κ3) is 3.06. The summed E-state index contributed by atoms with van der Waals surface area (Å²) in [5.41, 5.74) is 0.514. The summed E-state index contributed by atoms with van der Waals surface area (Å²) in [5, 5.41) is 0.437. The molecular formula is C16H22FN5O. The van der Waals surface area contributed by atoms with Crippen LogP contribution in [0.15, 0.2) is 12.5 Å². The largest absolute Gasteiger partial charge is 0.354 e. The van der Waals surface area contributed by atoms with Gasteiger partial charge in [0.2, 0.25) is 0 Å². The van der Waals surface area contributed by atoms with Crippen LogP contribution < -0.4 is 4.90 Å². The van der Waals surface area contributed by atoms with Gasteiger partial charge in [0.25, 0.3) is 0 Å². The Labute approximate surface area is 134 Å². The number of piperidine rings is 1. The summed E-state index contributed by atoms with van der Waals surface area (Å²) < 4.78 is 14.1. The second kappa shape index (κ2) is 6.62. The lowest BCUT2D eigenvalue weighted by atomic mass is 9.92. The molecule has 0 saturated carbocycles. The van der Waals surface area contributed by atoms with Gasteiger partial charge in [0.1, 0.15) is 24.1 Å². The van der Waals surface area contributed by atoms with E-state index in [0.29, 0.717) is 29.2 Å². The van der Waals surface area contributed by atoms with Gasteiger partial charge in [-0.05, 0) is 18.9 Å². The highest BCUT2D eigenvalue weighted by Gasteiger charge is 2.31. The molecule has 2 unspecified atom stereocenters. The molecule has 2 aromatic heterocycles. The highest BCUT2D eigenvalue weighted by molar-refractivity contribution is 5.88. The van der Waals surface area contributed by atoms with Gasteiger partial charge in [-0.2, -0.15) is 0 Å². The van der Waals surface area contributed by atoms with E-state index in [1.54, 1.807) is 0 Å². The van der Waals surface area contributed by atoms with Crippen LogP contribution in [-0.4, -0.2) is 58.9 Å². The van der Waals surface area contributed by atoms with Crippen LogP contribution in [-0.2, 0) is 4.79 Å². The number of aromatic nitrogens is 3. The van der Waals surface area contributed by atoms with Crippen molar-refractivity contribution in [1.29, 1.82) is 0 Å². The molecule has 0 radical (unpaired) electrons. The van der Waals surface area contributed by atoms with E-state index in [1.165, 1.54) is 12.5 Å². The number of H-pyrrole nitrogens is 1. The predicted octanol–water partition coefficient (Wildman–Crippen LogP) is 1.83. The number of hydrogen-bond donors (Lipinski definition) is 1. The van der Waals surface area contributed by atoms with E-state index in [1.807, 2.05) is 7.05 Å². The molecular weight excluding hydrogens is 297 g/mol. The van der Waals surface area contributed by atoms with Gasteiger partial charge in [-0.1, -0.05) is 6.92 Å². The summed E-state index contributed by atoms with van der Waals surface area (Å²) in [4.78, 5) is 26.2. The fraction of sp³-hybridized carbons (Fsp3) is 0.562. The lowest BCUT2D eigenvalue weighted by Crippen LogP contribution is -2.51. The van der Waals surface area contributed by atoms with Gasteiger partial charge >= 0.3 is 0 Å². The lowest BCUT2D eigenvalue weighted by Gasteiger charge is -2.42. The molecule has 0 aromatic carbocycles. The van der Waals surface area contributed by atoms with E-state index < -0.39 is 0 Å². The summed E-state index contributed by atoms with van der Waals surface area (Å²) >= 11 is 0. The van der Waals surface area contributed by atoms with Crippen molar-refractivity contribution >= 4 is 23.1 Å². The topological polar surface area (TPSA) is 65.1 Å². The first-order chi connectivity index (χ1) is 11.1. The number of likely N-dealkylation sites (N-methyl/N-ethyl adjacent to an activating group) is 1. The number of aromatic amines is 1. The van der Waals surface area contributed by atoms with E-state index in [2.05, 4.69) is 31.7 Å². The second-order valence-electron chi connectivity index (χ2n) is 6.26. The average molecular weight is 319 g/mol. The standard InChI is InChI=1S/C16H22FN5O/c1-11-4-6-22(5-3-7-23)9-13(11)21(2)16-14-12(17)8-18-15(14)19-10-20-16/h7-8,10-11,13H,3-6,9H2,1-2H3,(H,18,19,20). The molecule has 2 atom stereocenters. The normalized spacial score (nSPS) is 22.4. The van der Waals surface area contributed by atoms with Crippen molar-refractivity contribution in [2.24, 2.45) is 5.92 Å². The number of nitrogens with one attached hydrogen (secondary N) is 1. The number of anilines is 1. The minimum absolute atomic E-state index is 0.225. The van der Waals surface area contributed by atoms with Crippen LogP contribution >= 0.6 is 0 Å². The van der Waals surface area contributed by atoms with Crippen molar-refractivity contribution < 1.29 is 9.18 Å². The van der Waals surface area contributed by atoms with Gasteiger partial charge < -0.3 is 19.6 Å². The molecule has 1 aliphatic heterocycles. The van der Waals surface area contributed by atoms with E-state index in [9.17, 15) is 9.18 Å². The Morgan fingerprint density at radius 1 is 1.52 bits per heavy atom. The first-order valence-corrected chi connectivity index (χ1v) is 7.98. The van der Waals surface area contributed by atoms with Crippen molar-refractivity contribution in [2.75, 3.05) is 31.6 Å².